The summed E-state index contributed by atoms with van der Waals surface area (Å²) in [4.78, 5) is 33.2. The van der Waals surface area contributed by atoms with E-state index in [1.54, 1.807) is 7.11 Å². The van der Waals surface area contributed by atoms with Crippen molar-refractivity contribution in [1.82, 2.24) is 4.90 Å². The van der Waals surface area contributed by atoms with Gasteiger partial charge in [-0.15, -0.1) is 0 Å². The van der Waals surface area contributed by atoms with Gasteiger partial charge in [-0.3, -0.25) is 9.59 Å². The van der Waals surface area contributed by atoms with Crippen molar-refractivity contribution in [1.29, 1.82) is 0 Å². The number of aliphatic hydroxyl groups is 1. The van der Waals surface area contributed by atoms with Crippen molar-refractivity contribution in [3.8, 4) is 5.75 Å². The molecular formula is C43H54N2O5Si. The van der Waals surface area contributed by atoms with E-state index in [0.29, 0.717) is 19.5 Å². The normalized spacial score (nSPS) is 24.5. The number of rotatable bonds is 11. The standard InChI is InChI=1S/C43H54N2O5Si/c1-29(2)13-12-14-30(3)23-24-44-38-18-11-10-17-37(38)43(42(44)48)31(4)41(51(6,7)36-21-19-35(49-5)20-22-36)39(50-43)26-40(47)45-27-33-16-9-8-15-32(33)25-34(45)28-46/h8-11,13,15-23,31,34,39,41,46H,12,14,24-28H2,1-7H3/b30-23+/t31-,34-,39+,41-,43+/m0/s1. The second-order valence-electron chi connectivity index (χ2n) is 15.5. The van der Waals surface area contributed by atoms with Crippen LogP contribution in [0, 0.1) is 5.92 Å². The number of fused-ring (bicyclic) bond motifs is 3. The van der Waals surface area contributed by atoms with Gasteiger partial charge in [-0.1, -0.05) is 103 Å². The van der Waals surface area contributed by atoms with Crippen LogP contribution in [0.15, 0.2) is 96.1 Å². The number of amides is 2. The molecule has 8 heteroatoms. The van der Waals surface area contributed by atoms with E-state index >= 15 is 4.79 Å². The summed E-state index contributed by atoms with van der Waals surface area (Å²) >= 11 is 0. The summed E-state index contributed by atoms with van der Waals surface area (Å²) in [5, 5.41) is 11.7. The van der Waals surface area contributed by atoms with Gasteiger partial charge < -0.3 is 24.4 Å². The molecule has 0 unspecified atom stereocenters. The van der Waals surface area contributed by atoms with Crippen LogP contribution in [-0.4, -0.2) is 62.3 Å². The van der Waals surface area contributed by atoms with Crippen LogP contribution in [0.4, 0.5) is 5.69 Å². The van der Waals surface area contributed by atoms with Crippen LogP contribution >= 0.6 is 0 Å². The van der Waals surface area contributed by atoms with Crippen LogP contribution in [0.2, 0.25) is 18.6 Å². The maximum absolute atomic E-state index is 15.0. The summed E-state index contributed by atoms with van der Waals surface area (Å²) < 4.78 is 12.7. The highest BCUT2D eigenvalue weighted by Gasteiger charge is 2.66. The molecule has 51 heavy (non-hydrogen) atoms. The summed E-state index contributed by atoms with van der Waals surface area (Å²) in [6.45, 7) is 14.0. The maximum atomic E-state index is 15.0. The molecule has 3 aliphatic heterocycles. The summed E-state index contributed by atoms with van der Waals surface area (Å²) in [7, 11) is -0.754. The molecule has 6 rings (SSSR count). The molecule has 3 heterocycles. The third-order valence-electron chi connectivity index (χ3n) is 11.7. The lowest BCUT2D eigenvalue weighted by Crippen LogP contribution is -2.52. The first kappa shape index (κ1) is 36.8. The molecule has 0 aliphatic carbocycles. The molecule has 3 aliphatic rings. The Morgan fingerprint density at radius 1 is 1.00 bits per heavy atom. The van der Waals surface area contributed by atoms with Gasteiger partial charge in [0.1, 0.15) is 5.75 Å². The van der Waals surface area contributed by atoms with Gasteiger partial charge >= 0.3 is 0 Å². The molecule has 0 bridgehead atoms. The molecule has 2 amide bonds. The Labute approximate surface area is 305 Å². The predicted octanol–water partition coefficient (Wildman–Crippen LogP) is 7.29. The number of benzene rings is 3. The summed E-state index contributed by atoms with van der Waals surface area (Å²) in [6, 6.07) is 24.2. The van der Waals surface area contributed by atoms with Gasteiger partial charge in [0.15, 0.2) is 5.60 Å². The van der Waals surface area contributed by atoms with Gasteiger partial charge in [-0.05, 0) is 74.9 Å². The zero-order valence-corrected chi connectivity index (χ0v) is 32.3. The molecule has 0 radical (unpaired) electrons. The van der Waals surface area contributed by atoms with Crippen molar-refractivity contribution in [3.63, 3.8) is 0 Å². The van der Waals surface area contributed by atoms with Crippen molar-refractivity contribution < 1.29 is 24.2 Å². The van der Waals surface area contributed by atoms with Gasteiger partial charge in [0.25, 0.3) is 5.91 Å². The van der Waals surface area contributed by atoms with E-state index in [2.05, 4.69) is 77.2 Å². The quantitative estimate of drug-likeness (QED) is 0.168. The fraction of sp³-hybridized carbons (Fsp3) is 0.442. The van der Waals surface area contributed by atoms with E-state index in [1.807, 2.05) is 58.3 Å². The van der Waals surface area contributed by atoms with Gasteiger partial charge in [0, 0.05) is 24.6 Å². The first-order chi connectivity index (χ1) is 24.4. The van der Waals surface area contributed by atoms with Gasteiger partial charge in [-0.2, -0.15) is 0 Å². The number of hydrogen-bond acceptors (Lipinski definition) is 5. The molecule has 1 N–H and O–H groups in total. The Morgan fingerprint density at radius 3 is 2.37 bits per heavy atom. The number of methoxy groups -OCH3 is 1. The smallest absolute Gasteiger partial charge is 0.264 e. The molecule has 3 aromatic rings. The fourth-order valence-corrected chi connectivity index (χ4v) is 12.9. The molecule has 270 valence electrons. The Hall–Kier alpha value is -3.98. The molecule has 0 aromatic heterocycles. The minimum Gasteiger partial charge on any atom is -0.497 e. The minimum absolute atomic E-state index is 0.0483. The van der Waals surface area contributed by atoms with Crippen molar-refractivity contribution in [2.45, 2.75) is 96.3 Å². The Morgan fingerprint density at radius 2 is 1.69 bits per heavy atom. The maximum Gasteiger partial charge on any atom is 0.264 e. The van der Waals surface area contributed by atoms with E-state index in [1.165, 1.54) is 21.9 Å². The lowest BCUT2D eigenvalue weighted by Gasteiger charge is -2.39. The highest BCUT2D eigenvalue weighted by molar-refractivity contribution is 6.91. The number of aliphatic hydroxyl groups excluding tert-OH is 1. The zero-order valence-electron chi connectivity index (χ0n) is 31.3. The average Bonchev–Trinajstić information content (AvgIpc) is 3.55. The van der Waals surface area contributed by atoms with Crippen LogP contribution in [0.1, 0.15) is 63.6 Å². The summed E-state index contributed by atoms with van der Waals surface area (Å²) in [5.41, 5.74) is 5.33. The minimum atomic E-state index is -2.42. The van der Waals surface area contributed by atoms with E-state index in [0.717, 1.165) is 35.4 Å². The van der Waals surface area contributed by atoms with E-state index in [4.69, 9.17) is 9.47 Å². The van der Waals surface area contributed by atoms with Crippen LogP contribution in [0.3, 0.4) is 0 Å². The first-order valence-electron chi connectivity index (χ1n) is 18.4. The third kappa shape index (κ3) is 6.86. The monoisotopic (exact) mass is 706 g/mol. The van der Waals surface area contributed by atoms with E-state index in [9.17, 15) is 9.90 Å². The Balaban J connectivity index is 1.37. The Bertz CT molecular complexity index is 1810. The van der Waals surface area contributed by atoms with Crippen molar-refractivity contribution in [2.75, 3.05) is 25.2 Å². The van der Waals surface area contributed by atoms with Crippen molar-refractivity contribution in [3.05, 3.63) is 113 Å². The number of hydrogen-bond donors (Lipinski definition) is 1. The van der Waals surface area contributed by atoms with Gasteiger partial charge in [0.05, 0.1) is 46.0 Å². The second-order valence-corrected chi connectivity index (χ2v) is 20.2. The third-order valence-corrected chi connectivity index (χ3v) is 16.1. The van der Waals surface area contributed by atoms with Crippen LogP contribution < -0.4 is 14.8 Å². The number of carbonyl (C=O) groups is 2. The SMILES string of the molecule is COc1ccc([Si](C)(C)[C@@H]2[C@@H](CC(=O)N3Cc4ccccc4C[C@H]3CO)O[C@]3(C(=O)N(C/C=C(\C)CCC=C(C)C)c4ccccc43)[C@H]2C)cc1. The number of nitrogens with zero attached hydrogens (tertiary/aromatic N) is 2. The van der Waals surface area contributed by atoms with Crippen LogP contribution in [0.5, 0.6) is 5.75 Å². The lowest BCUT2D eigenvalue weighted by atomic mass is 9.82. The zero-order chi connectivity index (χ0) is 36.5. The number of anilines is 1. The lowest BCUT2D eigenvalue weighted by molar-refractivity contribution is -0.150. The molecule has 1 spiro atoms. The number of carbonyl (C=O) groups excluding carboxylic acids is 2. The highest BCUT2D eigenvalue weighted by atomic mass is 28.3. The molecule has 5 atom stereocenters. The average molecular weight is 707 g/mol. The largest absolute Gasteiger partial charge is 0.497 e. The molecular weight excluding hydrogens is 653 g/mol. The number of para-hydroxylation sites is 1. The highest BCUT2D eigenvalue weighted by Crippen LogP contribution is 2.60. The molecule has 3 aromatic carbocycles. The molecule has 0 saturated carbocycles. The summed E-state index contributed by atoms with van der Waals surface area (Å²) in [5.74, 6) is 0.496. The van der Waals surface area contributed by atoms with Crippen molar-refractivity contribution >= 4 is 30.8 Å². The van der Waals surface area contributed by atoms with Crippen molar-refractivity contribution in [2.24, 2.45) is 5.92 Å². The fourth-order valence-electron chi connectivity index (χ4n) is 8.92. The van der Waals surface area contributed by atoms with Crippen LogP contribution in [0.25, 0.3) is 0 Å². The topological polar surface area (TPSA) is 79.3 Å². The first-order valence-corrected chi connectivity index (χ1v) is 21.5. The number of ether oxygens (including phenoxy) is 2. The molecule has 7 nitrogen and oxygen atoms in total. The summed E-state index contributed by atoms with van der Waals surface area (Å²) in [6.07, 6.45) is 6.59. The van der Waals surface area contributed by atoms with Gasteiger partial charge in [0.2, 0.25) is 5.91 Å². The van der Waals surface area contributed by atoms with E-state index < -0.39 is 19.8 Å². The molecule has 1 fully saturated rings. The number of allylic oxidation sites excluding steroid dienone is 3. The predicted molar refractivity (Wildman–Crippen MR) is 207 cm³/mol. The van der Waals surface area contributed by atoms with Gasteiger partial charge in [-0.25, -0.2) is 0 Å². The Kier molecular flexibility index (Phi) is 10.8. The second kappa shape index (κ2) is 14.9. The van der Waals surface area contributed by atoms with E-state index in [-0.39, 0.29) is 42.3 Å². The van der Waals surface area contributed by atoms with Crippen LogP contribution in [-0.2, 0) is 32.9 Å². The molecule has 1 saturated heterocycles.